The number of carbonyl (C=O) groups excluding carboxylic acids is 1. The number of hydrogen-bond acceptors (Lipinski definition) is 4. The summed E-state index contributed by atoms with van der Waals surface area (Å²) in [4.78, 5) is 16.2. The van der Waals surface area contributed by atoms with E-state index in [9.17, 15) is 4.79 Å². The van der Waals surface area contributed by atoms with Crippen LogP contribution in [-0.4, -0.2) is 10.9 Å². The molecule has 6 heteroatoms. The van der Waals surface area contributed by atoms with Gasteiger partial charge in [-0.3, -0.25) is 4.79 Å². The number of oxazole rings is 1. The highest BCUT2D eigenvalue weighted by Gasteiger charge is 2.16. The van der Waals surface area contributed by atoms with Crippen molar-refractivity contribution in [3.05, 3.63) is 52.1 Å². The molecule has 2 aromatic rings. The second-order valence-corrected chi connectivity index (χ2v) is 6.05. The summed E-state index contributed by atoms with van der Waals surface area (Å²) in [5.41, 5.74) is 7.25. The number of rotatable bonds is 7. The predicted octanol–water partition coefficient (Wildman–Crippen LogP) is 3.56. The molecule has 1 aromatic heterocycles. The summed E-state index contributed by atoms with van der Waals surface area (Å²) in [6.45, 7) is 2.53. The van der Waals surface area contributed by atoms with Crippen LogP contribution in [0.15, 0.2) is 39.4 Å². The van der Waals surface area contributed by atoms with Crippen molar-refractivity contribution >= 4 is 21.8 Å². The molecule has 1 aromatic carbocycles. The minimum absolute atomic E-state index is 0.258. The van der Waals surface area contributed by atoms with Crippen LogP contribution in [0.5, 0.6) is 0 Å². The van der Waals surface area contributed by atoms with Gasteiger partial charge >= 0.3 is 0 Å². The quantitative estimate of drug-likeness (QED) is 0.785. The maximum Gasteiger partial charge on any atom is 0.273 e. The molecule has 5 nitrogen and oxygen atoms in total. The summed E-state index contributed by atoms with van der Waals surface area (Å²) < 4.78 is 6.29. The number of aromatic nitrogens is 1. The first-order valence-corrected chi connectivity index (χ1v) is 8.13. The van der Waals surface area contributed by atoms with Gasteiger partial charge in [0.05, 0.1) is 6.04 Å². The van der Waals surface area contributed by atoms with Crippen LogP contribution < -0.4 is 11.1 Å². The normalized spacial score (nSPS) is 12.1. The van der Waals surface area contributed by atoms with Crippen LogP contribution in [0.1, 0.15) is 54.2 Å². The standard InChI is InChI=1S/C16H20BrN3O2/c1-2-3-7-13(18)16-20-14(10-22-16)15(21)19-9-11-5-4-6-12(17)8-11/h4-6,8,10,13H,2-3,7,9,18H2,1H3,(H,19,21). The molecule has 2 rings (SSSR count). The molecular formula is C16H20BrN3O2. The van der Waals surface area contributed by atoms with Gasteiger partial charge in [0.1, 0.15) is 6.26 Å². The maximum atomic E-state index is 12.1. The molecule has 0 fully saturated rings. The molecular weight excluding hydrogens is 346 g/mol. The average molecular weight is 366 g/mol. The van der Waals surface area contributed by atoms with Gasteiger partial charge in [0.15, 0.2) is 5.69 Å². The molecule has 1 heterocycles. The highest BCUT2D eigenvalue weighted by molar-refractivity contribution is 9.10. The molecule has 22 heavy (non-hydrogen) atoms. The number of nitrogens with two attached hydrogens (primary N) is 1. The van der Waals surface area contributed by atoms with Gasteiger partial charge in [0, 0.05) is 11.0 Å². The molecule has 0 radical (unpaired) electrons. The van der Waals surface area contributed by atoms with Gasteiger partial charge in [-0.1, -0.05) is 47.8 Å². The van der Waals surface area contributed by atoms with E-state index in [1.54, 1.807) is 0 Å². The molecule has 0 bridgehead atoms. The summed E-state index contributed by atoms with van der Waals surface area (Å²) >= 11 is 3.40. The minimum atomic E-state index is -0.266. The van der Waals surface area contributed by atoms with Crippen LogP contribution in [0, 0.1) is 0 Å². The Labute approximate surface area is 138 Å². The Morgan fingerprint density at radius 3 is 3.05 bits per heavy atom. The second-order valence-electron chi connectivity index (χ2n) is 5.13. The fourth-order valence-electron chi connectivity index (χ4n) is 2.03. The van der Waals surface area contributed by atoms with Gasteiger partial charge in [-0.25, -0.2) is 4.98 Å². The fraction of sp³-hybridized carbons (Fsp3) is 0.375. The molecule has 118 valence electrons. The van der Waals surface area contributed by atoms with E-state index in [0.717, 1.165) is 29.3 Å². The summed E-state index contributed by atoms with van der Waals surface area (Å²) in [5.74, 6) is 0.152. The topological polar surface area (TPSA) is 81.1 Å². The van der Waals surface area contributed by atoms with E-state index < -0.39 is 0 Å². The number of amides is 1. The lowest BCUT2D eigenvalue weighted by molar-refractivity contribution is 0.0946. The van der Waals surface area contributed by atoms with E-state index in [4.69, 9.17) is 10.2 Å². The third-order valence-corrected chi connectivity index (χ3v) is 3.78. The van der Waals surface area contributed by atoms with E-state index in [0.29, 0.717) is 12.4 Å². The Morgan fingerprint density at radius 1 is 1.50 bits per heavy atom. The Bertz CT molecular complexity index is 627. The van der Waals surface area contributed by atoms with Crippen LogP contribution in [0.25, 0.3) is 0 Å². The Hall–Kier alpha value is -1.66. The van der Waals surface area contributed by atoms with E-state index in [1.165, 1.54) is 6.26 Å². The lowest BCUT2D eigenvalue weighted by Gasteiger charge is -2.05. The molecule has 0 saturated heterocycles. The minimum Gasteiger partial charge on any atom is -0.446 e. The third kappa shape index (κ3) is 4.68. The van der Waals surface area contributed by atoms with Crippen molar-refractivity contribution in [3.8, 4) is 0 Å². The highest BCUT2D eigenvalue weighted by atomic mass is 79.9. The lowest BCUT2D eigenvalue weighted by atomic mass is 10.1. The van der Waals surface area contributed by atoms with Gasteiger partial charge in [-0.05, 0) is 24.1 Å². The molecule has 1 amide bonds. The van der Waals surface area contributed by atoms with Crippen LogP contribution in [-0.2, 0) is 6.54 Å². The number of carbonyl (C=O) groups is 1. The van der Waals surface area contributed by atoms with Crippen LogP contribution >= 0.6 is 15.9 Å². The first kappa shape index (κ1) is 16.7. The van der Waals surface area contributed by atoms with E-state index in [1.807, 2.05) is 24.3 Å². The van der Waals surface area contributed by atoms with Crippen molar-refractivity contribution in [3.63, 3.8) is 0 Å². The summed E-state index contributed by atoms with van der Waals surface area (Å²) in [5, 5.41) is 2.81. The first-order valence-electron chi connectivity index (χ1n) is 7.33. The smallest absolute Gasteiger partial charge is 0.273 e. The summed E-state index contributed by atoms with van der Waals surface area (Å²) in [7, 11) is 0. The molecule has 0 saturated carbocycles. The van der Waals surface area contributed by atoms with Gasteiger partial charge in [-0.15, -0.1) is 0 Å². The van der Waals surface area contributed by atoms with E-state index in [-0.39, 0.29) is 17.6 Å². The number of unbranched alkanes of at least 4 members (excludes halogenated alkanes) is 1. The average Bonchev–Trinajstić information content (AvgIpc) is 3.00. The van der Waals surface area contributed by atoms with Gasteiger partial charge in [0.2, 0.25) is 5.89 Å². The molecule has 0 spiro atoms. The third-order valence-electron chi connectivity index (χ3n) is 3.28. The van der Waals surface area contributed by atoms with Gasteiger partial charge in [-0.2, -0.15) is 0 Å². The fourth-order valence-corrected chi connectivity index (χ4v) is 2.48. The Balaban J connectivity index is 1.91. The molecule has 0 aliphatic rings. The Morgan fingerprint density at radius 2 is 2.32 bits per heavy atom. The largest absolute Gasteiger partial charge is 0.446 e. The lowest BCUT2D eigenvalue weighted by Crippen LogP contribution is -2.23. The van der Waals surface area contributed by atoms with Crippen molar-refractivity contribution in [2.75, 3.05) is 0 Å². The van der Waals surface area contributed by atoms with Crippen molar-refractivity contribution in [2.24, 2.45) is 5.73 Å². The zero-order valence-corrected chi connectivity index (χ0v) is 14.1. The highest BCUT2D eigenvalue weighted by Crippen LogP contribution is 2.16. The predicted molar refractivity (Wildman–Crippen MR) is 88.3 cm³/mol. The number of hydrogen-bond donors (Lipinski definition) is 2. The molecule has 1 atom stereocenters. The number of halogens is 1. The van der Waals surface area contributed by atoms with Crippen LogP contribution in [0.3, 0.4) is 0 Å². The SMILES string of the molecule is CCCCC(N)c1nc(C(=O)NCc2cccc(Br)c2)co1. The number of nitrogens with zero attached hydrogens (tertiary/aromatic N) is 1. The zero-order chi connectivity index (χ0) is 15.9. The molecule has 0 aliphatic heterocycles. The van der Waals surface area contributed by atoms with E-state index >= 15 is 0 Å². The zero-order valence-electron chi connectivity index (χ0n) is 12.5. The summed E-state index contributed by atoms with van der Waals surface area (Å²) in [6.07, 6.45) is 4.23. The number of nitrogens with one attached hydrogen (secondary N) is 1. The van der Waals surface area contributed by atoms with Gasteiger partial charge in [0.25, 0.3) is 5.91 Å². The molecule has 1 unspecified atom stereocenters. The van der Waals surface area contributed by atoms with Crippen molar-refractivity contribution in [1.82, 2.24) is 10.3 Å². The first-order chi connectivity index (χ1) is 10.6. The van der Waals surface area contributed by atoms with Gasteiger partial charge < -0.3 is 15.5 Å². The van der Waals surface area contributed by atoms with Crippen LogP contribution in [0.2, 0.25) is 0 Å². The maximum absolute atomic E-state index is 12.1. The number of benzene rings is 1. The second kappa shape index (κ2) is 8.10. The molecule has 3 N–H and O–H groups in total. The summed E-state index contributed by atoms with van der Waals surface area (Å²) in [6, 6.07) is 7.50. The van der Waals surface area contributed by atoms with E-state index in [2.05, 4.69) is 33.2 Å². The van der Waals surface area contributed by atoms with Crippen LogP contribution in [0.4, 0.5) is 0 Å². The van der Waals surface area contributed by atoms with Crippen molar-refractivity contribution < 1.29 is 9.21 Å². The van der Waals surface area contributed by atoms with Crippen molar-refractivity contribution in [2.45, 2.75) is 38.8 Å². The Kier molecular flexibility index (Phi) is 6.15. The molecule has 0 aliphatic carbocycles. The monoisotopic (exact) mass is 365 g/mol. The van der Waals surface area contributed by atoms with Crippen molar-refractivity contribution in [1.29, 1.82) is 0 Å².